The molecule has 0 radical (unpaired) electrons. The molecule has 0 bridgehead atoms. The zero-order valence-corrected chi connectivity index (χ0v) is 10.5. The predicted octanol–water partition coefficient (Wildman–Crippen LogP) is 2.50. The summed E-state index contributed by atoms with van der Waals surface area (Å²) >= 11 is 0. The normalized spacial score (nSPS) is 10.5. The first kappa shape index (κ1) is 12.5. The van der Waals surface area contributed by atoms with Crippen molar-refractivity contribution in [1.29, 1.82) is 0 Å². The van der Waals surface area contributed by atoms with Crippen molar-refractivity contribution >= 4 is 5.78 Å². The van der Waals surface area contributed by atoms with Crippen LogP contribution in [0.2, 0.25) is 0 Å². The van der Waals surface area contributed by atoms with E-state index in [1.165, 1.54) is 0 Å². The molecule has 0 fully saturated rings. The highest BCUT2D eigenvalue weighted by Gasteiger charge is 2.11. The second-order valence-corrected chi connectivity index (χ2v) is 4.22. The number of aromatic nitrogens is 3. The molecule has 0 N–H and O–H groups in total. The summed E-state index contributed by atoms with van der Waals surface area (Å²) in [5, 5.41) is 4.17. The number of pyridine rings is 1. The number of rotatable bonds is 6. The van der Waals surface area contributed by atoms with Gasteiger partial charge in [-0.15, -0.1) is 0 Å². The number of hydrogen-bond acceptors (Lipinski definition) is 3. The average molecular weight is 243 g/mol. The van der Waals surface area contributed by atoms with Crippen molar-refractivity contribution in [2.24, 2.45) is 0 Å². The number of ketones is 1. The van der Waals surface area contributed by atoms with Crippen molar-refractivity contribution in [1.82, 2.24) is 14.8 Å². The maximum atomic E-state index is 12.1. The lowest BCUT2D eigenvalue weighted by atomic mass is 10.1. The standard InChI is InChI=1S/C14H17N3O/c1-2-10-17-13(7-9-16-17)14(18)6-5-12-4-3-8-15-11-12/h3-4,7-9,11H,2,5-6,10H2,1H3. The van der Waals surface area contributed by atoms with Crippen LogP contribution in [0.15, 0.2) is 36.8 Å². The largest absolute Gasteiger partial charge is 0.292 e. The van der Waals surface area contributed by atoms with E-state index in [0.29, 0.717) is 12.1 Å². The minimum absolute atomic E-state index is 0.143. The van der Waals surface area contributed by atoms with E-state index in [0.717, 1.165) is 24.9 Å². The van der Waals surface area contributed by atoms with Gasteiger partial charge in [0.1, 0.15) is 5.69 Å². The lowest BCUT2D eigenvalue weighted by Gasteiger charge is -2.05. The Kier molecular flexibility index (Phi) is 4.23. The van der Waals surface area contributed by atoms with Crippen LogP contribution in [-0.2, 0) is 13.0 Å². The second-order valence-electron chi connectivity index (χ2n) is 4.22. The Morgan fingerprint density at radius 3 is 2.94 bits per heavy atom. The van der Waals surface area contributed by atoms with E-state index in [9.17, 15) is 4.79 Å². The van der Waals surface area contributed by atoms with Gasteiger partial charge in [-0.05, 0) is 30.5 Å². The number of carbonyl (C=O) groups excluding carboxylic acids is 1. The Morgan fingerprint density at radius 1 is 1.33 bits per heavy atom. The lowest BCUT2D eigenvalue weighted by molar-refractivity contribution is 0.0972. The van der Waals surface area contributed by atoms with E-state index < -0.39 is 0 Å². The van der Waals surface area contributed by atoms with Gasteiger partial charge in [-0.1, -0.05) is 13.0 Å². The Bertz CT molecular complexity index is 505. The zero-order valence-electron chi connectivity index (χ0n) is 10.5. The molecule has 0 aromatic carbocycles. The molecule has 4 nitrogen and oxygen atoms in total. The highest BCUT2D eigenvalue weighted by molar-refractivity contribution is 5.94. The molecular formula is C14H17N3O. The van der Waals surface area contributed by atoms with Crippen LogP contribution in [0, 0.1) is 0 Å². The molecular weight excluding hydrogens is 226 g/mol. The quantitative estimate of drug-likeness (QED) is 0.732. The fourth-order valence-electron chi connectivity index (χ4n) is 1.89. The molecule has 2 aromatic heterocycles. The van der Waals surface area contributed by atoms with Crippen LogP contribution in [0.1, 0.15) is 35.8 Å². The van der Waals surface area contributed by atoms with Crippen LogP contribution in [-0.4, -0.2) is 20.5 Å². The minimum atomic E-state index is 0.143. The van der Waals surface area contributed by atoms with Gasteiger partial charge in [-0.25, -0.2) is 0 Å². The van der Waals surface area contributed by atoms with Gasteiger partial charge >= 0.3 is 0 Å². The van der Waals surface area contributed by atoms with Gasteiger partial charge in [0.05, 0.1) is 0 Å². The summed E-state index contributed by atoms with van der Waals surface area (Å²) < 4.78 is 1.78. The first-order valence-corrected chi connectivity index (χ1v) is 6.25. The summed E-state index contributed by atoms with van der Waals surface area (Å²) in [5.74, 6) is 0.143. The maximum Gasteiger partial charge on any atom is 0.181 e. The molecule has 94 valence electrons. The molecule has 0 atom stereocenters. The molecule has 0 aliphatic rings. The molecule has 2 aromatic rings. The average Bonchev–Trinajstić information content (AvgIpc) is 2.86. The SMILES string of the molecule is CCCn1nccc1C(=O)CCc1cccnc1. The Morgan fingerprint density at radius 2 is 2.22 bits per heavy atom. The van der Waals surface area contributed by atoms with E-state index in [4.69, 9.17) is 0 Å². The molecule has 0 spiro atoms. The van der Waals surface area contributed by atoms with E-state index in [1.807, 2.05) is 12.1 Å². The van der Waals surface area contributed by atoms with Crippen LogP contribution in [0.3, 0.4) is 0 Å². The van der Waals surface area contributed by atoms with E-state index in [1.54, 1.807) is 29.3 Å². The van der Waals surface area contributed by atoms with Crippen LogP contribution in [0.5, 0.6) is 0 Å². The third kappa shape index (κ3) is 3.03. The Balaban J connectivity index is 1.97. The van der Waals surface area contributed by atoms with Gasteiger partial charge in [0.15, 0.2) is 5.78 Å². The first-order chi connectivity index (χ1) is 8.81. The smallest absolute Gasteiger partial charge is 0.181 e. The monoisotopic (exact) mass is 243 g/mol. The van der Waals surface area contributed by atoms with Crippen LogP contribution in [0.25, 0.3) is 0 Å². The van der Waals surface area contributed by atoms with Gasteiger partial charge in [-0.3, -0.25) is 14.5 Å². The predicted molar refractivity (Wildman–Crippen MR) is 69.4 cm³/mol. The molecule has 0 amide bonds. The summed E-state index contributed by atoms with van der Waals surface area (Å²) in [6.45, 7) is 2.87. The van der Waals surface area contributed by atoms with Gasteiger partial charge < -0.3 is 0 Å². The van der Waals surface area contributed by atoms with E-state index in [-0.39, 0.29) is 5.78 Å². The highest BCUT2D eigenvalue weighted by Crippen LogP contribution is 2.08. The Labute approximate surface area is 107 Å². The van der Waals surface area contributed by atoms with Crippen molar-refractivity contribution < 1.29 is 4.79 Å². The van der Waals surface area contributed by atoms with Crippen molar-refractivity contribution in [3.8, 4) is 0 Å². The fraction of sp³-hybridized carbons (Fsp3) is 0.357. The number of aryl methyl sites for hydroxylation is 2. The van der Waals surface area contributed by atoms with Crippen molar-refractivity contribution in [3.05, 3.63) is 48.0 Å². The van der Waals surface area contributed by atoms with Crippen LogP contribution in [0.4, 0.5) is 0 Å². The molecule has 0 unspecified atom stereocenters. The third-order valence-corrected chi connectivity index (χ3v) is 2.80. The molecule has 4 heteroatoms. The molecule has 18 heavy (non-hydrogen) atoms. The summed E-state index contributed by atoms with van der Waals surface area (Å²) in [4.78, 5) is 16.1. The summed E-state index contributed by atoms with van der Waals surface area (Å²) in [6.07, 6.45) is 7.43. The van der Waals surface area contributed by atoms with Gasteiger partial charge in [0, 0.05) is 31.6 Å². The topological polar surface area (TPSA) is 47.8 Å². The number of hydrogen-bond donors (Lipinski definition) is 0. The number of carbonyl (C=O) groups is 1. The second kappa shape index (κ2) is 6.10. The molecule has 2 heterocycles. The molecule has 2 rings (SSSR count). The molecule has 0 saturated heterocycles. The lowest BCUT2D eigenvalue weighted by Crippen LogP contribution is -2.11. The van der Waals surface area contributed by atoms with Gasteiger partial charge in [-0.2, -0.15) is 5.10 Å². The summed E-state index contributed by atoms with van der Waals surface area (Å²) in [5.41, 5.74) is 1.80. The summed E-state index contributed by atoms with van der Waals surface area (Å²) in [6, 6.07) is 5.67. The highest BCUT2D eigenvalue weighted by atomic mass is 16.1. The van der Waals surface area contributed by atoms with Crippen molar-refractivity contribution in [2.45, 2.75) is 32.7 Å². The molecule has 0 aliphatic heterocycles. The minimum Gasteiger partial charge on any atom is -0.292 e. The van der Waals surface area contributed by atoms with Gasteiger partial charge in [0.2, 0.25) is 0 Å². The summed E-state index contributed by atoms with van der Waals surface area (Å²) in [7, 11) is 0. The number of nitrogens with zero attached hydrogens (tertiary/aromatic N) is 3. The van der Waals surface area contributed by atoms with E-state index in [2.05, 4.69) is 17.0 Å². The van der Waals surface area contributed by atoms with Crippen molar-refractivity contribution in [2.75, 3.05) is 0 Å². The van der Waals surface area contributed by atoms with E-state index >= 15 is 0 Å². The zero-order chi connectivity index (χ0) is 12.8. The molecule has 0 saturated carbocycles. The maximum absolute atomic E-state index is 12.1. The number of Topliss-reactive ketones (excluding diaryl/α,β-unsaturated/α-hetero) is 1. The fourth-order valence-corrected chi connectivity index (χ4v) is 1.89. The van der Waals surface area contributed by atoms with Crippen LogP contribution >= 0.6 is 0 Å². The molecule has 0 aliphatic carbocycles. The van der Waals surface area contributed by atoms with Crippen LogP contribution < -0.4 is 0 Å². The van der Waals surface area contributed by atoms with Crippen molar-refractivity contribution in [3.63, 3.8) is 0 Å². The first-order valence-electron chi connectivity index (χ1n) is 6.25. The van der Waals surface area contributed by atoms with Gasteiger partial charge in [0.25, 0.3) is 0 Å². The third-order valence-electron chi connectivity index (χ3n) is 2.80. The Hall–Kier alpha value is -1.97.